The van der Waals surface area contributed by atoms with Crippen molar-refractivity contribution in [3.05, 3.63) is 18.5 Å². The van der Waals surface area contributed by atoms with Crippen molar-refractivity contribution in [2.75, 3.05) is 19.7 Å². The van der Waals surface area contributed by atoms with Crippen molar-refractivity contribution in [3.8, 4) is 0 Å². The van der Waals surface area contributed by atoms with Gasteiger partial charge in [0, 0.05) is 32.1 Å². The van der Waals surface area contributed by atoms with Gasteiger partial charge in [-0.2, -0.15) is 5.10 Å². The maximum Gasteiger partial charge on any atom is 0.225 e. The topological polar surface area (TPSA) is 47.4 Å². The van der Waals surface area contributed by atoms with Crippen LogP contribution in [0.3, 0.4) is 0 Å². The van der Waals surface area contributed by atoms with Crippen molar-refractivity contribution >= 4 is 5.91 Å². The van der Waals surface area contributed by atoms with Crippen LogP contribution in [-0.2, 0) is 9.53 Å². The van der Waals surface area contributed by atoms with Gasteiger partial charge in [0.05, 0.1) is 18.6 Å². The van der Waals surface area contributed by atoms with E-state index in [9.17, 15) is 4.79 Å². The van der Waals surface area contributed by atoms with Gasteiger partial charge in [-0.1, -0.05) is 0 Å². The molecule has 0 saturated carbocycles. The van der Waals surface area contributed by atoms with Crippen molar-refractivity contribution in [3.63, 3.8) is 0 Å². The van der Waals surface area contributed by atoms with Gasteiger partial charge < -0.3 is 9.64 Å². The number of ether oxygens (including phenoxy) is 1. The number of rotatable bonds is 3. The van der Waals surface area contributed by atoms with Crippen LogP contribution in [0.25, 0.3) is 0 Å². The second kappa shape index (κ2) is 4.49. The average molecular weight is 235 g/mol. The van der Waals surface area contributed by atoms with Crippen LogP contribution in [0.1, 0.15) is 25.3 Å². The summed E-state index contributed by atoms with van der Waals surface area (Å²) in [5.41, 5.74) is 0. The molecule has 2 aliphatic heterocycles. The number of nitrogens with zero attached hydrogens (tertiary/aromatic N) is 3. The van der Waals surface area contributed by atoms with E-state index < -0.39 is 0 Å². The van der Waals surface area contributed by atoms with E-state index in [1.807, 2.05) is 21.8 Å². The van der Waals surface area contributed by atoms with Crippen LogP contribution in [0, 0.1) is 0 Å². The first-order valence-electron chi connectivity index (χ1n) is 6.21. The fourth-order valence-electron chi connectivity index (χ4n) is 2.45. The van der Waals surface area contributed by atoms with Gasteiger partial charge in [0.25, 0.3) is 0 Å². The summed E-state index contributed by atoms with van der Waals surface area (Å²) in [4.78, 5) is 13.8. The van der Waals surface area contributed by atoms with Crippen LogP contribution in [0.4, 0.5) is 0 Å². The molecule has 2 fully saturated rings. The number of hydrogen-bond acceptors (Lipinski definition) is 3. The molecule has 3 heterocycles. The highest BCUT2D eigenvalue weighted by atomic mass is 16.5. The Balaban J connectivity index is 1.46. The van der Waals surface area contributed by atoms with Crippen LogP contribution < -0.4 is 0 Å². The molecule has 5 nitrogen and oxygen atoms in total. The minimum atomic E-state index is 0.159. The maximum atomic E-state index is 11.9. The van der Waals surface area contributed by atoms with Crippen LogP contribution in [0.5, 0.6) is 0 Å². The monoisotopic (exact) mass is 235 g/mol. The van der Waals surface area contributed by atoms with Gasteiger partial charge in [0.2, 0.25) is 5.91 Å². The summed E-state index contributed by atoms with van der Waals surface area (Å²) in [6.45, 7) is 2.38. The Hall–Kier alpha value is -1.36. The highest BCUT2D eigenvalue weighted by Gasteiger charge is 2.33. The molecule has 2 aliphatic rings. The zero-order valence-electron chi connectivity index (χ0n) is 9.79. The molecule has 1 amide bonds. The zero-order valence-corrected chi connectivity index (χ0v) is 9.79. The molecular weight excluding hydrogens is 218 g/mol. The van der Waals surface area contributed by atoms with E-state index in [1.54, 1.807) is 6.20 Å². The summed E-state index contributed by atoms with van der Waals surface area (Å²) < 4.78 is 7.40. The first-order chi connectivity index (χ1) is 8.33. The first-order valence-corrected chi connectivity index (χ1v) is 6.21. The van der Waals surface area contributed by atoms with Gasteiger partial charge in [-0.05, 0) is 18.9 Å². The van der Waals surface area contributed by atoms with Crippen molar-refractivity contribution < 1.29 is 9.53 Å². The minimum Gasteiger partial charge on any atom is -0.378 e. The molecule has 0 spiro atoms. The second-order valence-corrected chi connectivity index (χ2v) is 4.78. The molecule has 3 rings (SSSR count). The van der Waals surface area contributed by atoms with Gasteiger partial charge in [-0.3, -0.25) is 9.48 Å². The van der Waals surface area contributed by atoms with Crippen molar-refractivity contribution in [1.29, 1.82) is 0 Å². The quantitative estimate of drug-likeness (QED) is 0.780. The van der Waals surface area contributed by atoms with Crippen LogP contribution >= 0.6 is 0 Å². The molecule has 1 aromatic rings. The predicted molar refractivity (Wildman–Crippen MR) is 61.4 cm³/mol. The number of carbonyl (C=O) groups is 1. The van der Waals surface area contributed by atoms with Crippen LogP contribution in [0.2, 0.25) is 0 Å². The largest absolute Gasteiger partial charge is 0.378 e. The molecule has 5 heteroatoms. The minimum absolute atomic E-state index is 0.159. The number of aromatic nitrogens is 2. The average Bonchev–Trinajstić information content (AvgIpc) is 2.87. The number of amides is 1. The van der Waals surface area contributed by atoms with Gasteiger partial charge >= 0.3 is 0 Å². The normalized spacial score (nSPS) is 24.9. The molecule has 0 N–H and O–H groups in total. The van der Waals surface area contributed by atoms with Crippen molar-refractivity contribution in [1.82, 2.24) is 14.7 Å². The maximum absolute atomic E-state index is 11.9. The van der Waals surface area contributed by atoms with Gasteiger partial charge in [-0.25, -0.2) is 0 Å². The third-order valence-electron chi connectivity index (χ3n) is 3.54. The fraction of sp³-hybridized carbons (Fsp3) is 0.667. The Morgan fingerprint density at radius 3 is 3.00 bits per heavy atom. The van der Waals surface area contributed by atoms with Gasteiger partial charge in [0.15, 0.2) is 0 Å². The molecule has 2 saturated heterocycles. The highest BCUT2D eigenvalue weighted by molar-refractivity contribution is 5.77. The molecule has 0 radical (unpaired) electrons. The van der Waals surface area contributed by atoms with E-state index >= 15 is 0 Å². The van der Waals surface area contributed by atoms with Gasteiger partial charge in [0.1, 0.15) is 0 Å². The summed E-state index contributed by atoms with van der Waals surface area (Å²) in [5.74, 6) is 0.223. The first kappa shape index (κ1) is 10.8. The Bertz CT molecular complexity index is 378. The Labute approximate surface area is 100 Å². The Kier molecular flexibility index (Phi) is 2.84. The summed E-state index contributed by atoms with van der Waals surface area (Å²) >= 11 is 0. The van der Waals surface area contributed by atoms with E-state index in [2.05, 4.69) is 5.10 Å². The van der Waals surface area contributed by atoms with E-state index in [0.29, 0.717) is 12.5 Å². The summed E-state index contributed by atoms with van der Waals surface area (Å²) in [6.07, 6.45) is 6.55. The summed E-state index contributed by atoms with van der Waals surface area (Å²) in [5, 5.41) is 4.19. The number of hydrogen-bond donors (Lipinski definition) is 0. The predicted octanol–water partition coefficient (Wildman–Crippen LogP) is 0.835. The number of likely N-dealkylation sites (tertiary alicyclic amines) is 1. The summed E-state index contributed by atoms with van der Waals surface area (Å²) in [7, 11) is 0. The van der Waals surface area contributed by atoms with E-state index in [1.165, 1.54) is 0 Å². The van der Waals surface area contributed by atoms with Crippen LogP contribution in [0.15, 0.2) is 18.5 Å². The molecule has 0 bridgehead atoms. The molecule has 17 heavy (non-hydrogen) atoms. The second-order valence-electron chi connectivity index (χ2n) is 4.78. The van der Waals surface area contributed by atoms with E-state index in [-0.39, 0.29) is 12.0 Å². The standard InChI is InChI=1S/C12H17N3O2/c16-12(7-11-3-1-6-17-11)14-8-10(9-14)15-5-2-4-13-15/h2,4-5,10-11H,1,3,6-9H2. The highest BCUT2D eigenvalue weighted by Crippen LogP contribution is 2.23. The van der Waals surface area contributed by atoms with Crippen LogP contribution in [-0.4, -0.2) is 46.4 Å². The molecule has 0 aromatic carbocycles. The Morgan fingerprint density at radius 1 is 1.47 bits per heavy atom. The fourth-order valence-corrected chi connectivity index (χ4v) is 2.45. The third kappa shape index (κ3) is 2.20. The lowest BCUT2D eigenvalue weighted by atomic mass is 10.1. The lowest BCUT2D eigenvalue weighted by molar-refractivity contribution is -0.139. The lowest BCUT2D eigenvalue weighted by Gasteiger charge is -2.39. The van der Waals surface area contributed by atoms with E-state index in [0.717, 1.165) is 32.5 Å². The van der Waals surface area contributed by atoms with E-state index in [4.69, 9.17) is 4.74 Å². The molecule has 0 aliphatic carbocycles. The third-order valence-corrected chi connectivity index (χ3v) is 3.54. The molecular formula is C12H17N3O2. The van der Waals surface area contributed by atoms with Crippen molar-refractivity contribution in [2.24, 2.45) is 0 Å². The summed E-state index contributed by atoms with van der Waals surface area (Å²) in [6, 6.07) is 2.27. The SMILES string of the molecule is O=C(CC1CCCO1)N1CC(n2cccn2)C1. The Morgan fingerprint density at radius 2 is 2.35 bits per heavy atom. The number of carbonyl (C=O) groups excluding carboxylic acids is 1. The molecule has 1 unspecified atom stereocenters. The zero-order chi connectivity index (χ0) is 11.7. The smallest absolute Gasteiger partial charge is 0.225 e. The lowest BCUT2D eigenvalue weighted by Crippen LogP contribution is -2.51. The van der Waals surface area contributed by atoms with Gasteiger partial charge in [-0.15, -0.1) is 0 Å². The molecule has 1 aromatic heterocycles. The molecule has 92 valence electrons. The molecule has 1 atom stereocenters. The van der Waals surface area contributed by atoms with Crippen molar-refractivity contribution in [2.45, 2.75) is 31.4 Å².